The molecule has 0 saturated heterocycles. The van der Waals surface area contributed by atoms with E-state index in [1.54, 1.807) is 0 Å². The zero-order valence-corrected chi connectivity index (χ0v) is 12.5. The predicted octanol–water partition coefficient (Wildman–Crippen LogP) is 4.45. The third kappa shape index (κ3) is 4.05. The molecule has 0 saturated carbocycles. The molecule has 21 heavy (non-hydrogen) atoms. The van der Waals surface area contributed by atoms with Crippen molar-refractivity contribution in [1.82, 2.24) is 4.90 Å². The van der Waals surface area contributed by atoms with Gasteiger partial charge in [-0.3, -0.25) is 4.90 Å². The average molecular weight is 277 g/mol. The van der Waals surface area contributed by atoms with Crippen LogP contribution in [0.4, 0.5) is 0 Å². The topological polar surface area (TPSA) is 3.24 Å². The molecule has 3 rings (SSSR count). The van der Waals surface area contributed by atoms with E-state index in [9.17, 15) is 0 Å². The molecular weight excluding hydrogens is 254 g/mol. The van der Waals surface area contributed by atoms with E-state index in [4.69, 9.17) is 0 Å². The van der Waals surface area contributed by atoms with Crippen molar-refractivity contribution in [2.45, 2.75) is 31.8 Å². The Hall–Kier alpha value is -1.86. The lowest BCUT2D eigenvalue weighted by molar-refractivity contribution is 0.205. The second-order valence-corrected chi connectivity index (χ2v) is 5.76. The van der Waals surface area contributed by atoms with Crippen LogP contribution in [0.5, 0.6) is 0 Å². The Morgan fingerprint density at radius 3 is 2.24 bits per heavy atom. The van der Waals surface area contributed by atoms with E-state index in [0.717, 1.165) is 13.0 Å². The molecule has 1 atom stereocenters. The normalized spacial score (nSPS) is 18.8. The second kappa shape index (κ2) is 7.24. The van der Waals surface area contributed by atoms with Gasteiger partial charge in [0.2, 0.25) is 0 Å². The summed E-state index contributed by atoms with van der Waals surface area (Å²) in [6.07, 6.45) is 8.27. The molecule has 1 unspecified atom stereocenters. The summed E-state index contributed by atoms with van der Waals surface area (Å²) >= 11 is 0. The molecule has 1 nitrogen and oxygen atoms in total. The fraction of sp³-hybridized carbons (Fsp3) is 0.300. The highest BCUT2D eigenvalue weighted by Gasteiger charge is 2.18. The maximum Gasteiger partial charge on any atom is 0.0285 e. The van der Waals surface area contributed by atoms with Gasteiger partial charge in [0.15, 0.2) is 0 Å². The number of benzene rings is 2. The summed E-state index contributed by atoms with van der Waals surface area (Å²) in [5.74, 6) is 0. The first-order valence-corrected chi connectivity index (χ1v) is 7.90. The molecule has 0 bridgehead atoms. The van der Waals surface area contributed by atoms with Gasteiger partial charge >= 0.3 is 0 Å². The van der Waals surface area contributed by atoms with Gasteiger partial charge in [0.05, 0.1) is 0 Å². The van der Waals surface area contributed by atoms with Crippen LogP contribution in [0.25, 0.3) is 0 Å². The zero-order chi connectivity index (χ0) is 14.3. The molecule has 1 heterocycles. The molecule has 2 aromatic rings. The smallest absolute Gasteiger partial charge is 0.0285 e. The number of hydrogen-bond donors (Lipinski definition) is 0. The molecule has 1 heteroatoms. The predicted molar refractivity (Wildman–Crippen MR) is 89.2 cm³/mol. The van der Waals surface area contributed by atoms with Crippen LogP contribution in [0.2, 0.25) is 0 Å². The summed E-state index contributed by atoms with van der Waals surface area (Å²) in [6, 6.07) is 22.2. The minimum Gasteiger partial charge on any atom is -0.292 e. The van der Waals surface area contributed by atoms with Gasteiger partial charge in [-0.15, -0.1) is 0 Å². The van der Waals surface area contributed by atoms with Crippen molar-refractivity contribution in [3.05, 3.63) is 83.9 Å². The Balaban J connectivity index is 1.61. The van der Waals surface area contributed by atoms with Crippen molar-refractivity contribution in [3.63, 3.8) is 0 Å². The summed E-state index contributed by atoms with van der Waals surface area (Å²) < 4.78 is 0. The van der Waals surface area contributed by atoms with Gasteiger partial charge in [-0.25, -0.2) is 0 Å². The van der Waals surface area contributed by atoms with E-state index < -0.39 is 0 Å². The molecule has 0 radical (unpaired) electrons. The fourth-order valence-electron chi connectivity index (χ4n) is 3.03. The number of hydrogen-bond acceptors (Lipinski definition) is 1. The van der Waals surface area contributed by atoms with E-state index in [-0.39, 0.29) is 0 Å². The van der Waals surface area contributed by atoms with Crippen molar-refractivity contribution in [1.29, 1.82) is 0 Å². The van der Waals surface area contributed by atoms with Crippen LogP contribution < -0.4 is 0 Å². The van der Waals surface area contributed by atoms with Crippen LogP contribution in [-0.4, -0.2) is 17.5 Å². The second-order valence-electron chi connectivity index (χ2n) is 5.76. The molecule has 0 aromatic heterocycles. The molecule has 1 aliphatic heterocycles. The first-order valence-electron chi connectivity index (χ1n) is 7.90. The standard InChI is InChI=1S/C20H23N/c1-3-9-18(10-4-1)14-15-20-13-7-8-16-21(20)17-19-11-5-2-6-12-19/h1-7,9-13,20H,8,14-17H2. The molecule has 0 spiro atoms. The molecule has 0 fully saturated rings. The largest absolute Gasteiger partial charge is 0.292 e. The summed E-state index contributed by atoms with van der Waals surface area (Å²) in [5, 5.41) is 0. The lowest BCUT2D eigenvalue weighted by atomic mass is 10.0. The highest BCUT2D eigenvalue weighted by Crippen LogP contribution is 2.18. The number of rotatable bonds is 5. The van der Waals surface area contributed by atoms with Crippen LogP contribution >= 0.6 is 0 Å². The molecule has 0 N–H and O–H groups in total. The van der Waals surface area contributed by atoms with Crippen molar-refractivity contribution in [2.75, 3.05) is 6.54 Å². The van der Waals surface area contributed by atoms with Crippen molar-refractivity contribution >= 4 is 0 Å². The first kappa shape index (κ1) is 14.1. The van der Waals surface area contributed by atoms with Crippen LogP contribution in [0.1, 0.15) is 24.0 Å². The van der Waals surface area contributed by atoms with Crippen LogP contribution in [0.15, 0.2) is 72.8 Å². The van der Waals surface area contributed by atoms with Crippen molar-refractivity contribution < 1.29 is 0 Å². The molecule has 1 aliphatic rings. The summed E-state index contributed by atoms with van der Waals surface area (Å²) in [6.45, 7) is 2.23. The lowest BCUT2D eigenvalue weighted by Gasteiger charge is -2.32. The maximum absolute atomic E-state index is 2.61. The van der Waals surface area contributed by atoms with Gasteiger partial charge in [0.25, 0.3) is 0 Å². The maximum atomic E-state index is 2.61. The van der Waals surface area contributed by atoms with E-state index in [0.29, 0.717) is 6.04 Å². The SMILES string of the molecule is C1=CC(CCc2ccccc2)N(Cc2ccccc2)CC1. The highest BCUT2D eigenvalue weighted by atomic mass is 15.2. The van der Waals surface area contributed by atoms with Gasteiger partial charge in [0, 0.05) is 19.1 Å². The monoisotopic (exact) mass is 277 g/mol. The minimum absolute atomic E-state index is 0.569. The van der Waals surface area contributed by atoms with Crippen LogP contribution in [-0.2, 0) is 13.0 Å². The summed E-state index contributed by atoms with van der Waals surface area (Å²) in [7, 11) is 0. The summed E-state index contributed by atoms with van der Waals surface area (Å²) in [4.78, 5) is 2.61. The van der Waals surface area contributed by atoms with E-state index in [1.807, 2.05) is 0 Å². The van der Waals surface area contributed by atoms with Crippen LogP contribution in [0.3, 0.4) is 0 Å². The van der Waals surface area contributed by atoms with Crippen LogP contribution in [0, 0.1) is 0 Å². The Morgan fingerprint density at radius 2 is 1.52 bits per heavy atom. The van der Waals surface area contributed by atoms with Gasteiger partial charge in [-0.1, -0.05) is 72.8 Å². The van der Waals surface area contributed by atoms with Gasteiger partial charge in [0.1, 0.15) is 0 Å². The lowest BCUT2D eigenvalue weighted by Crippen LogP contribution is -2.36. The Kier molecular flexibility index (Phi) is 4.86. The number of nitrogens with zero attached hydrogens (tertiary/aromatic N) is 1. The molecule has 0 aliphatic carbocycles. The third-order valence-electron chi connectivity index (χ3n) is 4.21. The summed E-state index contributed by atoms with van der Waals surface area (Å²) in [5.41, 5.74) is 2.86. The Bertz CT molecular complexity index is 559. The Morgan fingerprint density at radius 1 is 0.857 bits per heavy atom. The molecular formula is C20H23N. The van der Waals surface area contributed by atoms with Crippen molar-refractivity contribution in [2.24, 2.45) is 0 Å². The van der Waals surface area contributed by atoms with Crippen molar-refractivity contribution in [3.8, 4) is 0 Å². The third-order valence-corrected chi connectivity index (χ3v) is 4.21. The van der Waals surface area contributed by atoms with Gasteiger partial charge < -0.3 is 0 Å². The fourth-order valence-corrected chi connectivity index (χ4v) is 3.03. The molecule has 2 aromatic carbocycles. The first-order chi connectivity index (χ1) is 10.4. The highest BCUT2D eigenvalue weighted by molar-refractivity contribution is 5.17. The van der Waals surface area contributed by atoms with E-state index >= 15 is 0 Å². The molecule has 0 amide bonds. The Labute approximate surface area is 127 Å². The molecule has 108 valence electrons. The van der Waals surface area contributed by atoms with Gasteiger partial charge in [-0.2, -0.15) is 0 Å². The van der Waals surface area contributed by atoms with E-state index in [1.165, 1.54) is 30.5 Å². The number of aryl methyl sites for hydroxylation is 1. The minimum atomic E-state index is 0.569. The van der Waals surface area contributed by atoms with E-state index in [2.05, 4.69) is 77.7 Å². The average Bonchev–Trinajstić information content (AvgIpc) is 2.56. The quantitative estimate of drug-likeness (QED) is 0.730. The van der Waals surface area contributed by atoms with Gasteiger partial charge in [-0.05, 0) is 30.4 Å². The zero-order valence-electron chi connectivity index (χ0n) is 12.5.